The summed E-state index contributed by atoms with van der Waals surface area (Å²) in [6.45, 7) is 1.50. The Morgan fingerprint density at radius 1 is 1.26 bits per heavy atom. The Kier molecular flexibility index (Phi) is 7.97. The summed E-state index contributed by atoms with van der Waals surface area (Å²) in [7, 11) is 1.64. The first kappa shape index (κ1) is 16.9. The van der Waals surface area contributed by atoms with Gasteiger partial charge in [-0.25, -0.2) is 0 Å². The second-order valence-corrected chi connectivity index (χ2v) is 6.42. The minimum atomic E-state index is -0.0437. The summed E-state index contributed by atoms with van der Waals surface area (Å²) in [5.41, 5.74) is 0.857. The second kappa shape index (κ2) is 8.94. The van der Waals surface area contributed by atoms with E-state index in [4.69, 9.17) is 4.74 Å². The number of anilines is 1. The Morgan fingerprint density at radius 2 is 1.89 bits per heavy atom. The van der Waals surface area contributed by atoms with Gasteiger partial charge < -0.3 is 15.4 Å². The molecule has 1 rings (SSSR count). The zero-order valence-electron chi connectivity index (χ0n) is 10.4. The van der Waals surface area contributed by atoms with Gasteiger partial charge in [-0.05, 0) is 50.4 Å². The zero-order valence-corrected chi connectivity index (χ0v) is 15.2. The van der Waals surface area contributed by atoms with Crippen molar-refractivity contribution in [2.75, 3.05) is 32.1 Å². The van der Waals surface area contributed by atoms with Crippen molar-refractivity contribution in [1.82, 2.24) is 5.32 Å². The standard InChI is InChI=1S/C12H15Br3N2O2/c1-19-4-2-3-16-11(18)7-17-12-9(14)5-8(13)6-10(12)15/h5-6,17H,2-4,7H2,1H3,(H,16,18). The average Bonchev–Trinajstić information content (AvgIpc) is 2.33. The maximum atomic E-state index is 11.6. The number of carbonyl (C=O) groups excluding carboxylic acids is 1. The molecule has 7 heteroatoms. The fourth-order valence-electron chi connectivity index (χ4n) is 1.39. The van der Waals surface area contributed by atoms with E-state index in [1.807, 2.05) is 12.1 Å². The Balaban J connectivity index is 2.42. The Hall–Kier alpha value is -0.110. The molecule has 0 fully saturated rings. The third kappa shape index (κ3) is 6.25. The summed E-state index contributed by atoms with van der Waals surface area (Å²) in [5.74, 6) is -0.0437. The molecule has 19 heavy (non-hydrogen) atoms. The maximum absolute atomic E-state index is 11.6. The Bertz CT molecular complexity index is 418. The number of nitrogens with one attached hydrogen (secondary N) is 2. The van der Waals surface area contributed by atoms with Crippen molar-refractivity contribution in [2.24, 2.45) is 0 Å². The molecular weight excluding hydrogens is 444 g/mol. The van der Waals surface area contributed by atoms with Gasteiger partial charge in [-0.1, -0.05) is 15.9 Å². The zero-order chi connectivity index (χ0) is 14.3. The predicted octanol–water partition coefficient (Wildman–Crippen LogP) is 3.54. The van der Waals surface area contributed by atoms with E-state index in [0.29, 0.717) is 13.2 Å². The van der Waals surface area contributed by atoms with Crippen molar-refractivity contribution in [2.45, 2.75) is 6.42 Å². The summed E-state index contributed by atoms with van der Waals surface area (Å²) in [6.07, 6.45) is 0.813. The first-order valence-corrected chi connectivity index (χ1v) is 8.06. The highest BCUT2D eigenvalue weighted by Gasteiger charge is 2.08. The van der Waals surface area contributed by atoms with Crippen LogP contribution in [-0.4, -0.2) is 32.7 Å². The summed E-state index contributed by atoms with van der Waals surface area (Å²) in [5, 5.41) is 5.91. The lowest BCUT2D eigenvalue weighted by atomic mass is 10.3. The van der Waals surface area contributed by atoms with Crippen LogP contribution in [0.15, 0.2) is 25.6 Å². The minimum Gasteiger partial charge on any atom is -0.385 e. The first-order chi connectivity index (χ1) is 9.04. The first-order valence-electron chi connectivity index (χ1n) is 5.68. The van der Waals surface area contributed by atoms with E-state index in [2.05, 4.69) is 58.4 Å². The number of methoxy groups -OCH3 is 1. The molecule has 0 aliphatic rings. The van der Waals surface area contributed by atoms with E-state index in [-0.39, 0.29) is 12.5 Å². The van der Waals surface area contributed by atoms with Crippen LogP contribution in [0.25, 0.3) is 0 Å². The van der Waals surface area contributed by atoms with E-state index in [0.717, 1.165) is 25.5 Å². The van der Waals surface area contributed by atoms with Gasteiger partial charge in [-0.15, -0.1) is 0 Å². The molecule has 0 aliphatic heterocycles. The van der Waals surface area contributed by atoms with E-state index in [1.54, 1.807) is 7.11 Å². The molecule has 0 atom stereocenters. The SMILES string of the molecule is COCCCNC(=O)CNc1c(Br)cc(Br)cc1Br. The molecule has 1 aromatic carbocycles. The van der Waals surface area contributed by atoms with Crippen LogP contribution in [-0.2, 0) is 9.53 Å². The minimum absolute atomic E-state index is 0.0437. The van der Waals surface area contributed by atoms with Crippen molar-refractivity contribution in [3.63, 3.8) is 0 Å². The van der Waals surface area contributed by atoms with Gasteiger partial charge in [0.15, 0.2) is 0 Å². The molecule has 2 N–H and O–H groups in total. The summed E-state index contributed by atoms with van der Waals surface area (Å²) in [6, 6.07) is 3.84. The van der Waals surface area contributed by atoms with Gasteiger partial charge in [-0.2, -0.15) is 0 Å². The fraction of sp³-hybridized carbons (Fsp3) is 0.417. The van der Waals surface area contributed by atoms with Gasteiger partial charge >= 0.3 is 0 Å². The smallest absolute Gasteiger partial charge is 0.239 e. The molecule has 0 heterocycles. The largest absolute Gasteiger partial charge is 0.385 e. The highest BCUT2D eigenvalue weighted by atomic mass is 79.9. The highest BCUT2D eigenvalue weighted by Crippen LogP contribution is 2.34. The van der Waals surface area contributed by atoms with Crippen molar-refractivity contribution in [1.29, 1.82) is 0 Å². The average molecular weight is 459 g/mol. The predicted molar refractivity (Wildman–Crippen MR) is 87.5 cm³/mol. The van der Waals surface area contributed by atoms with Crippen molar-refractivity contribution >= 4 is 59.4 Å². The van der Waals surface area contributed by atoms with Crippen molar-refractivity contribution in [3.05, 3.63) is 25.6 Å². The third-order valence-electron chi connectivity index (χ3n) is 2.28. The van der Waals surface area contributed by atoms with E-state index >= 15 is 0 Å². The van der Waals surface area contributed by atoms with Crippen LogP contribution in [0.1, 0.15) is 6.42 Å². The summed E-state index contributed by atoms with van der Waals surface area (Å²) in [4.78, 5) is 11.6. The van der Waals surface area contributed by atoms with Crippen LogP contribution in [0, 0.1) is 0 Å². The van der Waals surface area contributed by atoms with Crippen LogP contribution in [0.3, 0.4) is 0 Å². The van der Waals surface area contributed by atoms with Crippen LogP contribution in [0.4, 0.5) is 5.69 Å². The topological polar surface area (TPSA) is 50.4 Å². The number of ether oxygens (including phenoxy) is 1. The normalized spacial score (nSPS) is 10.3. The molecule has 0 saturated heterocycles. The molecule has 4 nitrogen and oxygen atoms in total. The monoisotopic (exact) mass is 456 g/mol. The lowest BCUT2D eigenvalue weighted by molar-refractivity contribution is -0.119. The molecule has 0 saturated carbocycles. The molecule has 0 aliphatic carbocycles. The second-order valence-electron chi connectivity index (χ2n) is 3.79. The lowest BCUT2D eigenvalue weighted by Crippen LogP contribution is -2.31. The molecule has 1 amide bonds. The molecular formula is C12H15Br3N2O2. The van der Waals surface area contributed by atoms with Gasteiger partial charge in [0.1, 0.15) is 0 Å². The van der Waals surface area contributed by atoms with Crippen LogP contribution >= 0.6 is 47.8 Å². The van der Waals surface area contributed by atoms with Crippen molar-refractivity contribution in [3.8, 4) is 0 Å². The Morgan fingerprint density at radius 3 is 2.47 bits per heavy atom. The third-order valence-corrected chi connectivity index (χ3v) is 3.99. The molecule has 0 aromatic heterocycles. The van der Waals surface area contributed by atoms with Crippen molar-refractivity contribution < 1.29 is 9.53 Å². The van der Waals surface area contributed by atoms with Crippen LogP contribution in [0.2, 0.25) is 0 Å². The number of halogens is 3. The number of hydrogen-bond donors (Lipinski definition) is 2. The number of carbonyl (C=O) groups is 1. The number of rotatable bonds is 7. The summed E-state index contributed by atoms with van der Waals surface area (Å²) < 4.78 is 7.65. The van der Waals surface area contributed by atoms with E-state index in [9.17, 15) is 4.79 Å². The quantitative estimate of drug-likeness (QED) is 0.614. The molecule has 106 valence electrons. The van der Waals surface area contributed by atoms with Crippen LogP contribution in [0.5, 0.6) is 0 Å². The van der Waals surface area contributed by atoms with Crippen LogP contribution < -0.4 is 10.6 Å². The molecule has 0 bridgehead atoms. The number of hydrogen-bond acceptors (Lipinski definition) is 3. The van der Waals surface area contributed by atoms with E-state index in [1.165, 1.54) is 0 Å². The highest BCUT2D eigenvalue weighted by molar-refractivity contribution is 9.11. The van der Waals surface area contributed by atoms with Gasteiger partial charge in [0.2, 0.25) is 5.91 Å². The maximum Gasteiger partial charge on any atom is 0.239 e. The van der Waals surface area contributed by atoms with Gasteiger partial charge in [0, 0.05) is 33.7 Å². The fourth-order valence-corrected chi connectivity index (χ4v) is 3.93. The number of amides is 1. The molecule has 0 radical (unpaired) electrons. The molecule has 0 unspecified atom stereocenters. The Labute approximate surface area is 138 Å². The number of benzene rings is 1. The van der Waals surface area contributed by atoms with Gasteiger partial charge in [0.25, 0.3) is 0 Å². The molecule has 0 spiro atoms. The van der Waals surface area contributed by atoms with E-state index < -0.39 is 0 Å². The lowest BCUT2D eigenvalue weighted by Gasteiger charge is -2.11. The van der Waals surface area contributed by atoms with Gasteiger partial charge in [-0.3, -0.25) is 4.79 Å². The summed E-state index contributed by atoms with van der Waals surface area (Å²) >= 11 is 10.3. The molecule has 1 aromatic rings. The van der Waals surface area contributed by atoms with Gasteiger partial charge in [0.05, 0.1) is 12.2 Å².